The van der Waals surface area contributed by atoms with Crippen LogP contribution in [0.25, 0.3) is 11.4 Å². The zero-order chi connectivity index (χ0) is 16.9. The number of ether oxygens (including phenoxy) is 1. The highest BCUT2D eigenvalue weighted by Crippen LogP contribution is 2.23. The molecule has 0 saturated heterocycles. The summed E-state index contributed by atoms with van der Waals surface area (Å²) in [6.45, 7) is 3.78. The summed E-state index contributed by atoms with van der Waals surface area (Å²) >= 11 is 0. The van der Waals surface area contributed by atoms with Crippen LogP contribution in [0.4, 0.5) is 5.69 Å². The molecule has 0 atom stereocenters. The molecule has 0 unspecified atom stereocenters. The maximum absolute atomic E-state index is 12.3. The number of carbonyl (C=O) groups excluding carboxylic acids is 1. The Morgan fingerprint density at radius 1 is 1.17 bits per heavy atom. The number of hydrogen-bond acceptors (Lipinski definition) is 6. The van der Waals surface area contributed by atoms with Gasteiger partial charge in [0, 0.05) is 6.20 Å². The number of H-pyrrole nitrogens is 1. The van der Waals surface area contributed by atoms with Gasteiger partial charge in [-0.25, -0.2) is 9.97 Å². The molecule has 0 aliphatic heterocycles. The summed E-state index contributed by atoms with van der Waals surface area (Å²) in [5.41, 5.74) is 2.00. The Bertz CT molecular complexity index is 814. The molecule has 0 bridgehead atoms. The van der Waals surface area contributed by atoms with Gasteiger partial charge < -0.3 is 10.1 Å². The van der Waals surface area contributed by atoms with E-state index < -0.39 is 5.91 Å². The molecule has 0 spiro atoms. The van der Waals surface area contributed by atoms with Crippen molar-refractivity contribution in [2.24, 2.45) is 0 Å². The summed E-state index contributed by atoms with van der Waals surface area (Å²) in [7, 11) is 0. The normalized spacial score (nSPS) is 10.6. The van der Waals surface area contributed by atoms with Crippen LogP contribution in [0.1, 0.15) is 24.3 Å². The van der Waals surface area contributed by atoms with Crippen molar-refractivity contribution in [3.05, 3.63) is 48.7 Å². The van der Waals surface area contributed by atoms with E-state index in [4.69, 9.17) is 4.74 Å². The second-order valence-electron chi connectivity index (χ2n) is 5.23. The summed E-state index contributed by atoms with van der Waals surface area (Å²) in [6, 6.07) is 5.49. The van der Waals surface area contributed by atoms with Crippen molar-refractivity contribution < 1.29 is 9.53 Å². The van der Waals surface area contributed by atoms with Crippen molar-refractivity contribution in [3.8, 4) is 17.3 Å². The standard InChI is InChI=1S/C16H16N6O2/c1-10(2)24-14-9-18-13(7-19-14)16(23)21-12-8-20-22-15(12)11-5-3-4-6-17-11/h3-10H,1-2H3,(H,20,22)(H,21,23). The van der Waals surface area contributed by atoms with E-state index in [0.717, 1.165) is 0 Å². The van der Waals surface area contributed by atoms with Gasteiger partial charge in [-0.2, -0.15) is 5.10 Å². The van der Waals surface area contributed by atoms with Crippen LogP contribution in [0, 0.1) is 0 Å². The molecule has 8 heteroatoms. The number of rotatable bonds is 5. The van der Waals surface area contributed by atoms with Crippen molar-refractivity contribution in [1.82, 2.24) is 25.1 Å². The van der Waals surface area contributed by atoms with Gasteiger partial charge in [0.1, 0.15) is 11.4 Å². The Morgan fingerprint density at radius 2 is 2.04 bits per heavy atom. The third-order valence-corrected chi connectivity index (χ3v) is 3.03. The molecule has 0 fully saturated rings. The van der Waals surface area contributed by atoms with E-state index in [9.17, 15) is 4.79 Å². The summed E-state index contributed by atoms with van der Waals surface area (Å²) in [4.78, 5) is 24.7. The molecule has 0 radical (unpaired) electrons. The van der Waals surface area contributed by atoms with Crippen LogP contribution < -0.4 is 10.1 Å². The molecule has 3 rings (SSSR count). The number of nitrogens with one attached hydrogen (secondary N) is 2. The second-order valence-corrected chi connectivity index (χ2v) is 5.23. The first-order chi connectivity index (χ1) is 11.6. The lowest BCUT2D eigenvalue weighted by atomic mass is 10.2. The van der Waals surface area contributed by atoms with E-state index in [-0.39, 0.29) is 11.8 Å². The fraction of sp³-hybridized carbons (Fsp3) is 0.188. The average molecular weight is 324 g/mol. The Morgan fingerprint density at radius 3 is 2.71 bits per heavy atom. The number of aromatic amines is 1. The van der Waals surface area contributed by atoms with Gasteiger partial charge in [-0.3, -0.25) is 14.9 Å². The number of pyridine rings is 1. The van der Waals surface area contributed by atoms with Crippen LogP contribution in [-0.4, -0.2) is 37.2 Å². The predicted molar refractivity (Wildman–Crippen MR) is 87.6 cm³/mol. The summed E-state index contributed by atoms with van der Waals surface area (Å²) < 4.78 is 5.40. The van der Waals surface area contributed by atoms with E-state index >= 15 is 0 Å². The highest BCUT2D eigenvalue weighted by Gasteiger charge is 2.14. The van der Waals surface area contributed by atoms with Gasteiger partial charge in [0.25, 0.3) is 5.91 Å². The highest BCUT2D eigenvalue weighted by molar-refractivity contribution is 6.04. The monoisotopic (exact) mass is 324 g/mol. The topological polar surface area (TPSA) is 106 Å². The minimum absolute atomic E-state index is 0.00848. The van der Waals surface area contributed by atoms with E-state index in [0.29, 0.717) is 23.0 Å². The fourth-order valence-electron chi connectivity index (χ4n) is 2.01. The average Bonchev–Trinajstić information content (AvgIpc) is 3.04. The quantitative estimate of drug-likeness (QED) is 0.746. The van der Waals surface area contributed by atoms with Crippen LogP contribution in [0.5, 0.6) is 5.88 Å². The number of nitrogens with zero attached hydrogens (tertiary/aromatic N) is 4. The minimum atomic E-state index is -0.392. The molecule has 0 saturated carbocycles. The van der Waals surface area contributed by atoms with Crippen molar-refractivity contribution >= 4 is 11.6 Å². The molecule has 2 N–H and O–H groups in total. The molecule has 0 aliphatic carbocycles. The molecule has 3 heterocycles. The summed E-state index contributed by atoms with van der Waals surface area (Å²) in [6.07, 6.45) is 5.97. The molecule has 24 heavy (non-hydrogen) atoms. The van der Waals surface area contributed by atoms with E-state index in [1.165, 1.54) is 18.6 Å². The number of anilines is 1. The maximum Gasteiger partial charge on any atom is 0.275 e. The Balaban J connectivity index is 1.75. The van der Waals surface area contributed by atoms with Crippen LogP contribution in [-0.2, 0) is 0 Å². The first-order valence-electron chi connectivity index (χ1n) is 7.38. The summed E-state index contributed by atoms with van der Waals surface area (Å²) in [5.74, 6) is -0.0174. The van der Waals surface area contributed by atoms with E-state index in [1.807, 2.05) is 32.0 Å². The molecule has 0 aromatic carbocycles. The van der Waals surface area contributed by atoms with Gasteiger partial charge in [0.05, 0.1) is 36.1 Å². The molecule has 8 nitrogen and oxygen atoms in total. The van der Waals surface area contributed by atoms with Crippen LogP contribution in [0.2, 0.25) is 0 Å². The number of aromatic nitrogens is 5. The summed E-state index contributed by atoms with van der Waals surface area (Å²) in [5, 5.41) is 9.53. The minimum Gasteiger partial charge on any atom is -0.474 e. The predicted octanol–water partition coefficient (Wildman–Crippen LogP) is 2.30. The zero-order valence-corrected chi connectivity index (χ0v) is 13.2. The molecular formula is C16H16N6O2. The van der Waals surface area contributed by atoms with Gasteiger partial charge in [0.15, 0.2) is 0 Å². The Hall–Kier alpha value is -3.29. The third-order valence-electron chi connectivity index (χ3n) is 3.03. The molecular weight excluding hydrogens is 308 g/mol. The van der Waals surface area contributed by atoms with E-state index in [1.54, 1.807) is 6.20 Å². The zero-order valence-electron chi connectivity index (χ0n) is 13.2. The van der Waals surface area contributed by atoms with Crippen LogP contribution >= 0.6 is 0 Å². The number of amides is 1. The highest BCUT2D eigenvalue weighted by atomic mass is 16.5. The molecule has 3 aromatic heterocycles. The van der Waals surface area contributed by atoms with Crippen LogP contribution in [0.3, 0.4) is 0 Å². The van der Waals surface area contributed by atoms with Crippen molar-refractivity contribution in [1.29, 1.82) is 0 Å². The SMILES string of the molecule is CC(C)Oc1cnc(C(=O)Nc2cn[nH]c2-c2ccccn2)cn1. The van der Waals surface area contributed by atoms with Crippen LogP contribution in [0.15, 0.2) is 43.0 Å². The van der Waals surface area contributed by atoms with Gasteiger partial charge in [-0.05, 0) is 26.0 Å². The number of hydrogen-bond donors (Lipinski definition) is 2. The second kappa shape index (κ2) is 6.86. The Labute approximate surface area is 138 Å². The van der Waals surface area contributed by atoms with Crippen molar-refractivity contribution in [2.45, 2.75) is 20.0 Å². The lowest BCUT2D eigenvalue weighted by Crippen LogP contribution is -2.15. The first kappa shape index (κ1) is 15.6. The van der Waals surface area contributed by atoms with Crippen molar-refractivity contribution in [3.63, 3.8) is 0 Å². The lowest BCUT2D eigenvalue weighted by molar-refractivity contribution is 0.102. The largest absolute Gasteiger partial charge is 0.474 e. The van der Waals surface area contributed by atoms with Gasteiger partial charge >= 0.3 is 0 Å². The first-order valence-corrected chi connectivity index (χ1v) is 7.38. The fourth-order valence-corrected chi connectivity index (χ4v) is 2.01. The smallest absolute Gasteiger partial charge is 0.275 e. The number of carbonyl (C=O) groups is 1. The van der Waals surface area contributed by atoms with Crippen molar-refractivity contribution in [2.75, 3.05) is 5.32 Å². The maximum atomic E-state index is 12.3. The lowest BCUT2D eigenvalue weighted by Gasteiger charge is -2.08. The third kappa shape index (κ3) is 3.54. The van der Waals surface area contributed by atoms with Gasteiger partial charge in [-0.15, -0.1) is 0 Å². The Kier molecular flexibility index (Phi) is 4.46. The molecule has 1 amide bonds. The molecule has 3 aromatic rings. The molecule has 0 aliphatic rings. The van der Waals surface area contributed by atoms with Gasteiger partial charge in [0.2, 0.25) is 5.88 Å². The van der Waals surface area contributed by atoms with E-state index in [2.05, 4.69) is 30.5 Å². The van der Waals surface area contributed by atoms with Gasteiger partial charge in [-0.1, -0.05) is 6.07 Å². The molecule has 122 valence electrons.